The molecule has 0 atom stereocenters. The third-order valence-electron chi connectivity index (χ3n) is 2.95. The van der Waals surface area contributed by atoms with Crippen molar-refractivity contribution < 1.29 is 18.3 Å². The highest BCUT2D eigenvalue weighted by Gasteiger charge is 2.26. The highest BCUT2D eigenvalue weighted by Crippen LogP contribution is 2.24. The number of nitrogens with zero attached hydrogens (tertiary/aromatic N) is 1. The third kappa shape index (κ3) is 3.71. The van der Waals surface area contributed by atoms with E-state index < -0.39 is 10.0 Å². The van der Waals surface area contributed by atoms with Crippen molar-refractivity contribution in [1.82, 2.24) is 4.31 Å². The number of benzene rings is 1. The molecule has 0 aliphatic heterocycles. The molecular formula is C14H23NO4S. The van der Waals surface area contributed by atoms with Gasteiger partial charge in [-0.2, -0.15) is 4.31 Å². The fourth-order valence-corrected chi connectivity index (χ4v) is 3.70. The highest BCUT2D eigenvalue weighted by molar-refractivity contribution is 7.89. The molecule has 0 aromatic heterocycles. The van der Waals surface area contributed by atoms with Crippen molar-refractivity contribution in [3.05, 3.63) is 23.8 Å². The third-order valence-corrected chi connectivity index (χ3v) is 5.02. The van der Waals surface area contributed by atoms with Crippen molar-refractivity contribution in [3.63, 3.8) is 0 Å². The van der Waals surface area contributed by atoms with E-state index in [-0.39, 0.29) is 24.1 Å². The molecule has 0 heterocycles. The Kier molecular flexibility index (Phi) is 5.98. The second-order valence-electron chi connectivity index (χ2n) is 4.79. The smallest absolute Gasteiger partial charge is 0.243 e. The van der Waals surface area contributed by atoms with E-state index in [0.717, 1.165) is 5.56 Å². The fraction of sp³-hybridized carbons (Fsp3) is 0.571. The van der Waals surface area contributed by atoms with Gasteiger partial charge >= 0.3 is 0 Å². The van der Waals surface area contributed by atoms with Gasteiger partial charge < -0.3 is 9.84 Å². The van der Waals surface area contributed by atoms with Gasteiger partial charge in [0.15, 0.2) is 0 Å². The van der Waals surface area contributed by atoms with Crippen LogP contribution in [0.1, 0.15) is 26.3 Å². The lowest BCUT2D eigenvalue weighted by Crippen LogP contribution is -2.38. The van der Waals surface area contributed by atoms with Crippen LogP contribution in [0, 0.1) is 6.92 Å². The second kappa shape index (κ2) is 7.06. The molecule has 0 radical (unpaired) electrons. The van der Waals surface area contributed by atoms with Crippen molar-refractivity contribution in [1.29, 1.82) is 0 Å². The van der Waals surface area contributed by atoms with E-state index in [4.69, 9.17) is 9.84 Å². The molecule has 114 valence electrons. The lowest BCUT2D eigenvalue weighted by Gasteiger charge is -2.25. The van der Waals surface area contributed by atoms with Gasteiger partial charge in [-0.15, -0.1) is 0 Å². The molecule has 1 rings (SSSR count). The summed E-state index contributed by atoms with van der Waals surface area (Å²) >= 11 is 0. The number of hydrogen-bond donors (Lipinski definition) is 1. The van der Waals surface area contributed by atoms with Gasteiger partial charge in [0.05, 0.1) is 18.1 Å². The van der Waals surface area contributed by atoms with E-state index in [2.05, 4.69) is 0 Å². The van der Waals surface area contributed by atoms with Crippen LogP contribution in [0.2, 0.25) is 0 Å². The van der Waals surface area contributed by atoms with Crippen LogP contribution in [-0.2, 0) is 10.0 Å². The van der Waals surface area contributed by atoms with Gasteiger partial charge in [-0.05, 0) is 51.5 Å². The Hall–Kier alpha value is -1.11. The van der Waals surface area contributed by atoms with Gasteiger partial charge in [-0.1, -0.05) is 0 Å². The molecule has 0 unspecified atom stereocenters. The Balaban J connectivity index is 3.17. The number of sulfonamides is 1. The number of aryl methyl sites for hydroxylation is 1. The van der Waals surface area contributed by atoms with E-state index >= 15 is 0 Å². The van der Waals surface area contributed by atoms with Gasteiger partial charge in [-0.3, -0.25) is 0 Å². The Morgan fingerprint density at radius 2 is 2.00 bits per heavy atom. The Morgan fingerprint density at radius 3 is 2.45 bits per heavy atom. The van der Waals surface area contributed by atoms with Crippen LogP contribution in [-0.4, -0.2) is 43.6 Å². The highest BCUT2D eigenvalue weighted by atomic mass is 32.2. The monoisotopic (exact) mass is 301 g/mol. The Bertz CT molecular complexity index is 540. The topological polar surface area (TPSA) is 66.8 Å². The van der Waals surface area contributed by atoms with E-state index in [1.54, 1.807) is 32.0 Å². The average molecular weight is 301 g/mol. The molecule has 0 bridgehead atoms. The van der Waals surface area contributed by atoms with Crippen LogP contribution < -0.4 is 4.74 Å². The minimum absolute atomic E-state index is 0.0895. The predicted molar refractivity (Wildman–Crippen MR) is 78.5 cm³/mol. The minimum atomic E-state index is -3.60. The van der Waals surface area contributed by atoms with E-state index in [0.29, 0.717) is 12.4 Å². The van der Waals surface area contributed by atoms with E-state index in [1.165, 1.54) is 4.31 Å². The summed E-state index contributed by atoms with van der Waals surface area (Å²) in [6, 6.07) is 4.61. The summed E-state index contributed by atoms with van der Waals surface area (Å²) in [7, 11) is -3.60. The zero-order valence-corrected chi connectivity index (χ0v) is 13.3. The minimum Gasteiger partial charge on any atom is -0.494 e. The van der Waals surface area contributed by atoms with E-state index in [9.17, 15) is 8.42 Å². The summed E-state index contributed by atoms with van der Waals surface area (Å²) in [5, 5.41) is 9.04. The molecule has 1 aromatic carbocycles. The van der Waals surface area contributed by atoms with Gasteiger partial charge in [0.2, 0.25) is 10.0 Å². The fourth-order valence-electron chi connectivity index (χ4n) is 1.99. The molecule has 5 nitrogen and oxygen atoms in total. The lowest BCUT2D eigenvalue weighted by molar-refractivity contribution is 0.236. The van der Waals surface area contributed by atoms with Crippen molar-refractivity contribution >= 4 is 10.0 Å². The number of aliphatic hydroxyl groups is 1. The first kappa shape index (κ1) is 16.9. The first-order valence-corrected chi connectivity index (χ1v) is 8.14. The van der Waals surface area contributed by atoms with Crippen LogP contribution in [0.25, 0.3) is 0 Å². The first-order chi connectivity index (χ1) is 9.34. The molecular weight excluding hydrogens is 278 g/mol. The lowest BCUT2D eigenvalue weighted by atomic mass is 10.2. The first-order valence-electron chi connectivity index (χ1n) is 6.70. The average Bonchev–Trinajstić information content (AvgIpc) is 2.37. The molecule has 0 saturated heterocycles. The van der Waals surface area contributed by atoms with Crippen LogP contribution in [0.15, 0.2) is 23.1 Å². The Morgan fingerprint density at radius 1 is 1.35 bits per heavy atom. The van der Waals surface area contributed by atoms with Crippen molar-refractivity contribution in [2.45, 2.75) is 38.6 Å². The number of ether oxygens (including phenoxy) is 1. The second-order valence-corrected chi connectivity index (χ2v) is 6.68. The van der Waals surface area contributed by atoms with Crippen LogP contribution in [0.3, 0.4) is 0 Å². The number of rotatable bonds is 7. The molecule has 1 aromatic rings. The maximum Gasteiger partial charge on any atom is 0.243 e. The van der Waals surface area contributed by atoms with Crippen molar-refractivity contribution in [3.8, 4) is 5.75 Å². The zero-order chi connectivity index (χ0) is 15.3. The van der Waals surface area contributed by atoms with Crippen molar-refractivity contribution in [2.24, 2.45) is 0 Å². The maximum absolute atomic E-state index is 12.6. The number of hydrogen-bond acceptors (Lipinski definition) is 4. The van der Waals surface area contributed by atoms with Gasteiger partial charge in [0.25, 0.3) is 0 Å². The Labute approximate surface area is 121 Å². The largest absolute Gasteiger partial charge is 0.494 e. The van der Waals surface area contributed by atoms with Crippen LogP contribution >= 0.6 is 0 Å². The van der Waals surface area contributed by atoms with Crippen LogP contribution in [0.4, 0.5) is 0 Å². The molecule has 0 fully saturated rings. The maximum atomic E-state index is 12.6. The summed E-state index contributed by atoms with van der Waals surface area (Å²) in [6.07, 6.45) is 0. The molecule has 0 aliphatic rings. The van der Waals surface area contributed by atoms with Gasteiger partial charge in [0.1, 0.15) is 5.75 Å². The molecule has 6 heteroatoms. The quantitative estimate of drug-likeness (QED) is 0.833. The summed E-state index contributed by atoms with van der Waals surface area (Å²) < 4.78 is 31.8. The summed E-state index contributed by atoms with van der Waals surface area (Å²) in [6.45, 7) is 7.69. The normalized spacial score (nSPS) is 12.2. The molecule has 0 amide bonds. The van der Waals surface area contributed by atoms with Crippen LogP contribution in [0.5, 0.6) is 5.75 Å². The number of aliphatic hydroxyl groups excluding tert-OH is 1. The summed E-state index contributed by atoms with van der Waals surface area (Å²) in [5.41, 5.74) is 0.778. The van der Waals surface area contributed by atoms with E-state index in [1.807, 2.05) is 13.8 Å². The summed E-state index contributed by atoms with van der Waals surface area (Å²) in [5.74, 6) is 0.685. The standard InChI is InChI=1S/C14H23NO4S/c1-5-19-14-7-6-13(10-12(14)4)20(17,18)15(8-9-16)11(2)3/h6-7,10-11,16H,5,8-9H2,1-4H3. The molecule has 20 heavy (non-hydrogen) atoms. The van der Waals surface area contributed by atoms with Crippen molar-refractivity contribution in [2.75, 3.05) is 19.8 Å². The molecule has 0 saturated carbocycles. The van der Waals surface area contributed by atoms with Gasteiger partial charge in [0, 0.05) is 12.6 Å². The predicted octanol–water partition coefficient (Wildman–Crippen LogP) is 1.79. The summed E-state index contributed by atoms with van der Waals surface area (Å²) in [4.78, 5) is 0.223. The SMILES string of the molecule is CCOc1ccc(S(=O)(=O)N(CCO)C(C)C)cc1C. The van der Waals surface area contributed by atoms with Gasteiger partial charge in [-0.25, -0.2) is 8.42 Å². The molecule has 0 spiro atoms. The molecule has 0 aliphatic carbocycles. The molecule has 1 N–H and O–H groups in total. The zero-order valence-electron chi connectivity index (χ0n) is 12.5.